The predicted molar refractivity (Wildman–Crippen MR) is 74.4 cm³/mol. The lowest BCUT2D eigenvalue weighted by Crippen LogP contribution is -2.43. The van der Waals surface area contributed by atoms with Gasteiger partial charge in [0, 0.05) is 18.5 Å². The second-order valence-electron chi connectivity index (χ2n) is 5.72. The van der Waals surface area contributed by atoms with Crippen molar-refractivity contribution in [3.05, 3.63) is 0 Å². The van der Waals surface area contributed by atoms with E-state index >= 15 is 0 Å². The Hall–Kier alpha value is 0.160. The van der Waals surface area contributed by atoms with Gasteiger partial charge in [-0.1, -0.05) is 0 Å². The minimum absolute atomic E-state index is 0.382. The van der Waals surface area contributed by atoms with Crippen LogP contribution in [-0.2, 0) is 10.0 Å². The largest absolute Gasteiger partial charge is 0.316 e. The molecule has 18 heavy (non-hydrogen) atoms. The Labute approximate surface area is 115 Å². The SMILES string of the molecule is CS(=O)(=O)N1CCCC(CNCC2CC(Cl)C2)C1. The third-order valence-corrected chi connectivity index (χ3v) is 5.62. The number of rotatable bonds is 5. The van der Waals surface area contributed by atoms with Gasteiger partial charge in [0.25, 0.3) is 0 Å². The van der Waals surface area contributed by atoms with Gasteiger partial charge in [0.05, 0.1) is 6.26 Å². The standard InChI is InChI=1S/C12H23ClN2O2S/c1-18(16,17)15-4-2-3-10(9-15)7-14-8-11-5-12(13)6-11/h10-12,14H,2-9H2,1H3. The van der Waals surface area contributed by atoms with Gasteiger partial charge in [0.2, 0.25) is 10.0 Å². The van der Waals surface area contributed by atoms with Crippen molar-refractivity contribution in [3.63, 3.8) is 0 Å². The zero-order chi connectivity index (χ0) is 13.2. The zero-order valence-electron chi connectivity index (χ0n) is 10.9. The highest BCUT2D eigenvalue weighted by atomic mass is 35.5. The minimum Gasteiger partial charge on any atom is -0.316 e. The van der Waals surface area contributed by atoms with Crippen molar-refractivity contribution in [1.82, 2.24) is 9.62 Å². The quantitative estimate of drug-likeness (QED) is 0.777. The number of nitrogens with one attached hydrogen (secondary N) is 1. The molecule has 2 rings (SSSR count). The van der Waals surface area contributed by atoms with Crippen molar-refractivity contribution >= 4 is 21.6 Å². The second kappa shape index (κ2) is 6.07. The fraction of sp³-hybridized carbons (Fsp3) is 1.00. The van der Waals surface area contributed by atoms with Crippen LogP contribution in [0, 0.1) is 11.8 Å². The Morgan fingerprint density at radius 1 is 1.28 bits per heavy atom. The lowest BCUT2D eigenvalue weighted by Gasteiger charge is -2.33. The highest BCUT2D eigenvalue weighted by Crippen LogP contribution is 2.31. The maximum absolute atomic E-state index is 11.5. The maximum Gasteiger partial charge on any atom is 0.211 e. The molecule has 1 atom stereocenters. The fourth-order valence-electron chi connectivity index (χ4n) is 2.81. The van der Waals surface area contributed by atoms with Gasteiger partial charge in [0.1, 0.15) is 0 Å². The first-order valence-electron chi connectivity index (χ1n) is 6.75. The first kappa shape index (κ1) is 14.6. The van der Waals surface area contributed by atoms with Gasteiger partial charge in [0.15, 0.2) is 0 Å². The van der Waals surface area contributed by atoms with Crippen molar-refractivity contribution in [2.24, 2.45) is 11.8 Å². The molecular formula is C12H23ClN2O2S. The summed E-state index contributed by atoms with van der Waals surface area (Å²) in [5, 5.41) is 3.85. The van der Waals surface area contributed by atoms with E-state index in [2.05, 4.69) is 5.32 Å². The molecule has 0 aromatic heterocycles. The average molecular weight is 295 g/mol. The van der Waals surface area contributed by atoms with Crippen LogP contribution in [0.15, 0.2) is 0 Å². The molecule has 1 aliphatic carbocycles. The Balaban J connectivity index is 1.66. The van der Waals surface area contributed by atoms with Crippen LogP contribution in [-0.4, -0.2) is 50.5 Å². The minimum atomic E-state index is -3.01. The number of nitrogens with zero attached hydrogens (tertiary/aromatic N) is 1. The first-order valence-corrected chi connectivity index (χ1v) is 9.03. The molecule has 1 aliphatic heterocycles. The molecule has 4 nitrogen and oxygen atoms in total. The number of hydrogen-bond donors (Lipinski definition) is 1. The molecule has 0 radical (unpaired) electrons. The van der Waals surface area contributed by atoms with E-state index in [9.17, 15) is 8.42 Å². The summed E-state index contributed by atoms with van der Waals surface area (Å²) in [5.74, 6) is 1.18. The van der Waals surface area contributed by atoms with Gasteiger partial charge < -0.3 is 5.32 Å². The predicted octanol–water partition coefficient (Wildman–Crippen LogP) is 1.27. The Morgan fingerprint density at radius 3 is 2.56 bits per heavy atom. The summed E-state index contributed by atoms with van der Waals surface area (Å²) >= 11 is 5.94. The van der Waals surface area contributed by atoms with Crippen molar-refractivity contribution in [1.29, 1.82) is 0 Å². The van der Waals surface area contributed by atoms with Crippen molar-refractivity contribution in [3.8, 4) is 0 Å². The number of piperidine rings is 1. The smallest absolute Gasteiger partial charge is 0.211 e. The van der Waals surface area contributed by atoms with Gasteiger partial charge in [-0.2, -0.15) is 0 Å². The monoisotopic (exact) mass is 294 g/mol. The van der Waals surface area contributed by atoms with Gasteiger partial charge in [-0.25, -0.2) is 12.7 Å². The van der Waals surface area contributed by atoms with Crippen LogP contribution in [0.4, 0.5) is 0 Å². The summed E-state index contributed by atoms with van der Waals surface area (Å²) in [6.45, 7) is 3.31. The molecule has 1 saturated heterocycles. The Bertz CT molecular complexity index is 368. The molecule has 0 aromatic carbocycles. The van der Waals surface area contributed by atoms with E-state index in [1.807, 2.05) is 0 Å². The second-order valence-corrected chi connectivity index (χ2v) is 8.32. The molecule has 0 amide bonds. The summed E-state index contributed by atoms with van der Waals surface area (Å²) in [6, 6.07) is 0. The summed E-state index contributed by atoms with van der Waals surface area (Å²) < 4.78 is 24.6. The maximum atomic E-state index is 11.5. The summed E-state index contributed by atoms with van der Waals surface area (Å²) in [5.41, 5.74) is 0. The van der Waals surface area contributed by atoms with Crippen molar-refractivity contribution in [2.75, 3.05) is 32.4 Å². The molecular weight excluding hydrogens is 272 g/mol. The van der Waals surface area contributed by atoms with Gasteiger partial charge in [-0.3, -0.25) is 0 Å². The van der Waals surface area contributed by atoms with Crippen molar-refractivity contribution in [2.45, 2.75) is 31.1 Å². The molecule has 106 valence electrons. The number of sulfonamides is 1. The summed E-state index contributed by atoms with van der Waals surface area (Å²) in [6.07, 6.45) is 5.65. The molecule has 1 saturated carbocycles. The van der Waals surface area contributed by atoms with Crippen LogP contribution in [0.1, 0.15) is 25.7 Å². The first-order chi connectivity index (χ1) is 8.45. The Morgan fingerprint density at radius 2 is 1.94 bits per heavy atom. The molecule has 0 aromatic rings. The molecule has 2 fully saturated rings. The van der Waals surface area contributed by atoms with Crippen LogP contribution < -0.4 is 5.32 Å². The van der Waals surface area contributed by atoms with Gasteiger partial charge >= 0.3 is 0 Å². The third-order valence-electron chi connectivity index (χ3n) is 3.99. The molecule has 1 N–H and O–H groups in total. The molecule has 6 heteroatoms. The van der Waals surface area contributed by atoms with Crippen molar-refractivity contribution < 1.29 is 8.42 Å². The molecule has 0 bridgehead atoms. The van der Waals surface area contributed by atoms with Gasteiger partial charge in [-0.15, -0.1) is 11.6 Å². The van der Waals surface area contributed by atoms with E-state index in [4.69, 9.17) is 11.6 Å². The topological polar surface area (TPSA) is 49.4 Å². The zero-order valence-corrected chi connectivity index (χ0v) is 12.5. The molecule has 0 spiro atoms. The Kier molecular flexibility index (Phi) is 4.92. The molecule has 2 aliphatic rings. The lowest BCUT2D eigenvalue weighted by atomic mass is 9.85. The van der Waals surface area contributed by atoms with E-state index in [1.165, 1.54) is 6.26 Å². The lowest BCUT2D eigenvalue weighted by molar-refractivity contribution is 0.246. The van der Waals surface area contributed by atoms with Crippen LogP contribution in [0.25, 0.3) is 0 Å². The number of alkyl halides is 1. The highest BCUT2D eigenvalue weighted by molar-refractivity contribution is 7.88. The van der Waals surface area contributed by atoms with E-state index < -0.39 is 10.0 Å². The van der Waals surface area contributed by atoms with Gasteiger partial charge in [-0.05, 0) is 50.6 Å². The van der Waals surface area contributed by atoms with Crippen LogP contribution in [0.3, 0.4) is 0 Å². The third kappa shape index (κ3) is 4.08. The molecule has 1 heterocycles. The number of halogens is 1. The van der Waals surface area contributed by atoms with E-state index in [1.54, 1.807) is 4.31 Å². The summed E-state index contributed by atoms with van der Waals surface area (Å²) in [4.78, 5) is 0. The molecule has 1 unspecified atom stereocenters. The summed E-state index contributed by atoms with van der Waals surface area (Å²) in [7, 11) is -3.01. The number of hydrogen-bond acceptors (Lipinski definition) is 3. The van der Waals surface area contributed by atoms with E-state index in [0.29, 0.717) is 24.4 Å². The van der Waals surface area contributed by atoms with Crippen LogP contribution in [0.2, 0.25) is 0 Å². The van der Waals surface area contributed by atoms with Crippen LogP contribution in [0.5, 0.6) is 0 Å². The fourth-order valence-corrected chi connectivity index (χ4v) is 4.25. The highest BCUT2D eigenvalue weighted by Gasteiger charge is 2.28. The van der Waals surface area contributed by atoms with E-state index in [-0.39, 0.29) is 0 Å². The van der Waals surface area contributed by atoms with E-state index in [0.717, 1.165) is 44.7 Å². The normalized spacial score (nSPS) is 34.2. The average Bonchev–Trinajstić information content (AvgIpc) is 2.26. The van der Waals surface area contributed by atoms with Crippen LogP contribution >= 0.6 is 11.6 Å².